The molecule has 110 valence electrons. The topological polar surface area (TPSA) is 61.4 Å². The number of carbonyl (C=O) groups excluding carboxylic acids is 2. The predicted octanol–water partition coefficient (Wildman–Crippen LogP) is 1.73. The number of amides is 3. The van der Waals surface area contributed by atoms with Crippen LogP contribution in [0.3, 0.4) is 0 Å². The molecule has 1 saturated heterocycles. The predicted molar refractivity (Wildman–Crippen MR) is 75.9 cm³/mol. The van der Waals surface area contributed by atoms with Crippen molar-refractivity contribution in [1.29, 1.82) is 0 Å². The summed E-state index contributed by atoms with van der Waals surface area (Å²) in [6.45, 7) is 10.8. The van der Waals surface area contributed by atoms with Gasteiger partial charge in [0.15, 0.2) is 0 Å². The average molecular weight is 269 g/mol. The summed E-state index contributed by atoms with van der Waals surface area (Å²) >= 11 is 0. The van der Waals surface area contributed by atoms with Crippen molar-refractivity contribution in [2.75, 3.05) is 13.1 Å². The Morgan fingerprint density at radius 2 is 1.95 bits per heavy atom. The van der Waals surface area contributed by atoms with Gasteiger partial charge >= 0.3 is 6.03 Å². The molecule has 0 spiro atoms. The smallest absolute Gasteiger partial charge is 0.318 e. The number of nitrogens with one attached hydrogen (secondary N) is 2. The second-order valence-electron chi connectivity index (χ2n) is 6.60. The summed E-state index contributed by atoms with van der Waals surface area (Å²) in [7, 11) is 0. The lowest BCUT2D eigenvalue weighted by Gasteiger charge is -2.28. The largest absolute Gasteiger partial charge is 0.350 e. The highest BCUT2D eigenvalue weighted by atomic mass is 16.2. The lowest BCUT2D eigenvalue weighted by Crippen LogP contribution is -2.50. The van der Waals surface area contributed by atoms with Crippen LogP contribution in [0.2, 0.25) is 0 Å². The molecule has 19 heavy (non-hydrogen) atoms. The third-order valence-corrected chi connectivity index (χ3v) is 3.24. The van der Waals surface area contributed by atoms with Crippen molar-refractivity contribution in [3.63, 3.8) is 0 Å². The maximum Gasteiger partial charge on any atom is 0.318 e. The highest BCUT2D eigenvalue weighted by molar-refractivity contribution is 5.84. The van der Waals surface area contributed by atoms with Crippen LogP contribution in [0, 0.1) is 5.92 Å². The first-order valence-corrected chi connectivity index (χ1v) is 7.06. The van der Waals surface area contributed by atoms with E-state index in [4.69, 9.17) is 0 Å². The molecule has 3 amide bonds. The number of hydrogen-bond donors (Lipinski definition) is 2. The first-order chi connectivity index (χ1) is 8.70. The molecule has 1 aliphatic heterocycles. The summed E-state index contributed by atoms with van der Waals surface area (Å²) in [5.74, 6) is 0.304. The van der Waals surface area contributed by atoms with Gasteiger partial charge in [-0.25, -0.2) is 4.79 Å². The van der Waals surface area contributed by atoms with E-state index in [-0.39, 0.29) is 24.0 Å². The third kappa shape index (κ3) is 5.09. The summed E-state index contributed by atoms with van der Waals surface area (Å²) in [6.07, 6.45) is 2.10. The molecule has 1 atom stereocenters. The van der Waals surface area contributed by atoms with Crippen LogP contribution in [-0.2, 0) is 4.79 Å². The molecular formula is C14H27N3O2. The average Bonchev–Trinajstić information content (AvgIpc) is 2.72. The van der Waals surface area contributed by atoms with Crippen molar-refractivity contribution in [2.24, 2.45) is 5.92 Å². The standard InChI is InChI=1S/C14H27N3O2/c1-10(2)11-7-6-8-17(11)13(19)15-9-12(18)16-14(3,4)5/h10-11H,6-9H2,1-5H3,(H,15,19)(H,16,18). The second-order valence-corrected chi connectivity index (χ2v) is 6.60. The summed E-state index contributed by atoms with van der Waals surface area (Å²) in [5.41, 5.74) is -0.268. The summed E-state index contributed by atoms with van der Waals surface area (Å²) in [5, 5.41) is 5.53. The van der Waals surface area contributed by atoms with Gasteiger partial charge in [0.05, 0.1) is 6.54 Å². The van der Waals surface area contributed by atoms with E-state index in [1.807, 2.05) is 25.7 Å². The van der Waals surface area contributed by atoms with E-state index in [2.05, 4.69) is 24.5 Å². The van der Waals surface area contributed by atoms with Gasteiger partial charge in [-0.3, -0.25) is 4.79 Å². The molecule has 1 heterocycles. The van der Waals surface area contributed by atoms with Gasteiger partial charge in [-0.05, 0) is 39.5 Å². The Morgan fingerprint density at radius 3 is 2.47 bits per heavy atom. The fraction of sp³-hybridized carbons (Fsp3) is 0.857. The van der Waals surface area contributed by atoms with Crippen LogP contribution in [0.5, 0.6) is 0 Å². The summed E-state index contributed by atoms with van der Waals surface area (Å²) in [4.78, 5) is 25.6. The number of carbonyl (C=O) groups is 2. The van der Waals surface area contributed by atoms with Gasteiger partial charge in [-0.1, -0.05) is 13.8 Å². The molecule has 1 fully saturated rings. The van der Waals surface area contributed by atoms with Crippen molar-refractivity contribution < 1.29 is 9.59 Å². The molecule has 1 rings (SSSR count). The Hall–Kier alpha value is -1.26. The van der Waals surface area contributed by atoms with E-state index in [0.717, 1.165) is 19.4 Å². The maximum absolute atomic E-state index is 12.1. The van der Waals surface area contributed by atoms with Crippen LogP contribution < -0.4 is 10.6 Å². The molecular weight excluding hydrogens is 242 g/mol. The molecule has 0 aromatic carbocycles. The quantitative estimate of drug-likeness (QED) is 0.819. The molecule has 1 unspecified atom stereocenters. The lowest BCUT2D eigenvalue weighted by molar-refractivity contribution is -0.121. The zero-order chi connectivity index (χ0) is 14.6. The molecule has 5 heteroatoms. The van der Waals surface area contributed by atoms with Gasteiger partial charge in [-0.15, -0.1) is 0 Å². The summed E-state index contributed by atoms with van der Waals surface area (Å²) in [6, 6.07) is 0.172. The third-order valence-electron chi connectivity index (χ3n) is 3.24. The highest BCUT2D eigenvalue weighted by Gasteiger charge is 2.30. The lowest BCUT2D eigenvalue weighted by atomic mass is 10.0. The van der Waals surface area contributed by atoms with Crippen LogP contribution in [0.1, 0.15) is 47.5 Å². The zero-order valence-corrected chi connectivity index (χ0v) is 12.7. The molecule has 0 aromatic heterocycles. The molecule has 0 aromatic rings. The Bertz CT molecular complexity index is 334. The Morgan fingerprint density at radius 1 is 1.32 bits per heavy atom. The van der Waals surface area contributed by atoms with Crippen molar-refractivity contribution in [2.45, 2.75) is 59.0 Å². The minimum absolute atomic E-state index is 0.0391. The van der Waals surface area contributed by atoms with Crippen LogP contribution in [-0.4, -0.2) is 41.5 Å². The van der Waals surface area contributed by atoms with Gasteiger partial charge in [-0.2, -0.15) is 0 Å². The monoisotopic (exact) mass is 269 g/mol. The molecule has 5 nitrogen and oxygen atoms in total. The van der Waals surface area contributed by atoms with Crippen molar-refractivity contribution in [3.05, 3.63) is 0 Å². The summed E-state index contributed by atoms with van der Waals surface area (Å²) < 4.78 is 0. The van der Waals surface area contributed by atoms with Gasteiger partial charge in [0.2, 0.25) is 5.91 Å². The SMILES string of the molecule is CC(C)C1CCCN1C(=O)NCC(=O)NC(C)(C)C. The number of hydrogen-bond acceptors (Lipinski definition) is 2. The number of urea groups is 1. The number of nitrogens with zero attached hydrogens (tertiary/aromatic N) is 1. The van der Waals surface area contributed by atoms with E-state index in [1.165, 1.54) is 0 Å². The van der Waals surface area contributed by atoms with Crippen molar-refractivity contribution >= 4 is 11.9 Å². The van der Waals surface area contributed by atoms with E-state index >= 15 is 0 Å². The van der Waals surface area contributed by atoms with Crippen LogP contribution >= 0.6 is 0 Å². The van der Waals surface area contributed by atoms with E-state index in [9.17, 15) is 9.59 Å². The first-order valence-electron chi connectivity index (χ1n) is 7.06. The Balaban J connectivity index is 2.41. The molecule has 0 saturated carbocycles. The van der Waals surface area contributed by atoms with Gasteiger partial charge in [0.25, 0.3) is 0 Å². The first kappa shape index (κ1) is 15.8. The van der Waals surface area contributed by atoms with Gasteiger partial charge < -0.3 is 15.5 Å². The van der Waals surface area contributed by atoms with Crippen molar-refractivity contribution in [3.8, 4) is 0 Å². The molecule has 1 aliphatic rings. The zero-order valence-electron chi connectivity index (χ0n) is 12.7. The number of rotatable bonds is 3. The van der Waals surface area contributed by atoms with Crippen molar-refractivity contribution in [1.82, 2.24) is 15.5 Å². The highest BCUT2D eigenvalue weighted by Crippen LogP contribution is 2.23. The minimum atomic E-state index is -0.268. The van der Waals surface area contributed by atoms with E-state index in [0.29, 0.717) is 12.0 Å². The van der Waals surface area contributed by atoms with Gasteiger partial charge in [0, 0.05) is 18.1 Å². The van der Waals surface area contributed by atoms with E-state index < -0.39 is 0 Å². The van der Waals surface area contributed by atoms with E-state index in [1.54, 1.807) is 0 Å². The molecule has 0 aliphatic carbocycles. The molecule has 0 radical (unpaired) electrons. The van der Waals surface area contributed by atoms with Gasteiger partial charge in [0.1, 0.15) is 0 Å². The number of likely N-dealkylation sites (tertiary alicyclic amines) is 1. The fourth-order valence-electron chi connectivity index (χ4n) is 2.46. The fourth-order valence-corrected chi connectivity index (χ4v) is 2.46. The Kier molecular flexibility index (Phi) is 5.20. The molecule has 0 bridgehead atoms. The van der Waals surface area contributed by atoms with Crippen LogP contribution in [0.4, 0.5) is 4.79 Å². The van der Waals surface area contributed by atoms with Crippen LogP contribution in [0.25, 0.3) is 0 Å². The maximum atomic E-state index is 12.1. The minimum Gasteiger partial charge on any atom is -0.350 e. The second kappa shape index (κ2) is 6.26. The normalized spacial score (nSPS) is 19.7. The van der Waals surface area contributed by atoms with Crippen LogP contribution in [0.15, 0.2) is 0 Å². The molecule has 2 N–H and O–H groups in total. The Labute approximate surface area is 116 Å².